The molecule has 100 valence electrons. The molecule has 1 atom stereocenters. The van der Waals surface area contributed by atoms with Crippen LogP contribution in [0.25, 0.3) is 0 Å². The molecule has 3 heteroatoms. The van der Waals surface area contributed by atoms with Crippen LogP contribution in [0.3, 0.4) is 0 Å². The lowest BCUT2D eigenvalue weighted by atomic mass is 9.99. The Balaban J connectivity index is 2.32. The fraction of sp³-hybridized carbons (Fsp3) is 0.312. The van der Waals surface area contributed by atoms with E-state index >= 15 is 0 Å². The topological polar surface area (TPSA) is 24.9 Å². The van der Waals surface area contributed by atoms with Gasteiger partial charge in [0, 0.05) is 11.9 Å². The van der Waals surface area contributed by atoms with Crippen LogP contribution in [0.4, 0.5) is 4.39 Å². The minimum absolute atomic E-state index is 0.0104. The summed E-state index contributed by atoms with van der Waals surface area (Å²) in [4.78, 5) is 4.32. The highest BCUT2D eigenvalue weighted by atomic mass is 19.1. The van der Waals surface area contributed by atoms with Crippen LogP contribution >= 0.6 is 0 Å². The molecule has 1 heterocycles. The summed E-state index contributed by atoms with van der Waals surface area (Å²) < 4.78 is 13.4. The summed E-state index contributed by atoms with van der Waals surface area (Å²) in [6, 6.07) is 10.7. The Kier molecular flexibility index (Phi) is 4.63. The van der Waals surface area contributed by atoms with Gasteiger partial charge in [0.2, 0.25) is 0 Å². The van der Waals surface area contributed by atoms with E-state index in [9.17, 15) is 4.39 Å². The minimum Gasteiger partial charge on any atom is -0.306 e. The predicted molar refractivity (Wildman–Crippen MR) is 75.5 cm³/mol. The van der Waals surface area contributed by atoms with E-state index in [0.29, 0.717) is 0 Å². The molecule has 0 spiro atoms. The fourth-order valence-electron chi connectivity index (χ4n) is 2.05. The van der Waals surface area contributed by atoms with Crippen LogP contribution in [-0.4, -0.2) is 11.5 Å². The highest BCUT2D eigenvalue weighted by Gasteiger charge is 2.14. The average molecular weight is 258 g/mol. The first-order valence-electron chi connectivity index (χ1n) is 6.62. The van der Waals surface area contributed by atoms with Crippen LogP contribution in [0.5, 0.6) is 0 Å². The molecular formula is C16H19FN2. The Morgan fingerprint density at radius 2 is 2.05 bits per heavy atom. The molecule has 0 aliphatic carbocycles. The number of pyridine rings is 1. The first-order valence-corrected chi connectivity index (χ1v) is 6.62. The van der Waals surface area contributed by atoms with Gasteiger partial charge in [0.05, 0.1) is 6.04 Å². The summed E-state index contributed by atoms with van der Waals surface area (Å²) >= 11 is 0. The monoisotopic (exact) mass is 258 g/mol. The quantitative estimate of drug-likeness (QED) is 0.886. The summed E-state index contributed by atoms with van der Waals surface area (Å²) in [5.41, 5.74) is 2.97. The van der Waals surface area contributed by atoms with Gasteiger partial charge in [-0.05, 0) is 49.2 Å². The standard InChI is InChI=1S/C16H19FN2/c1-3-9-18-16(13-5-4-6-15(17)10-13)14-8-7-12(2)19-11-14/h4-8,10-11,16,18H,3,9H2,1-2H3. The van der Waals surface area contributed by atoms with E-state index in [1.54, 1.807) is 12.1 Å². The SMILES string of the molecule is CCCNC(c1ccc(C)nc1)c1cccc(F)c1. The number of benzene rings is 1. The predicted octanol–water partition coefficient (Wildman–Crippen LogP) is 3.62. The van der Waals surface area contributed by atoms with E-state index in [1.807, 2.05) is 31.3 Å². The molecule has 2 nitrogen and oxygen atoms in total. The third-order valence-corrected chi connectivity index (χ3v) is 3.05. The smallest absolute Gasteiger partial charge is 0.123 e. The van der Waals surface area contributed by atoms with Crippen molar-refractivity contribution in [2.24, 2.45) is 0 Å². The third kappa shape index (κ3) is 3.61. The van der Waals surface area contributed by atoms with Gasteiger partial charge in [0.15, 0.2) is 0 Å². The van der Waals surface area contributed by atoms with Gasteiger partial charge in [0.1, 0.15) is 5.82 Å². The summed E-state index contributed by atoms with van der Waals surface area (Å²) in [5, 5.41) is 3.44. The average Bonchev–Trinajstić information content (AvgIpc) is 2.41. The largest absolute Gasteiger partial charge is 0.306 e. The van der Waals surface area contributed by atoms with Gasteiger partial charge >= 0.3 is 0 Å². The molecule has 0 fully saturated rings. The molecule has 2 rings (SSSR count). The maximum Gasteiger partial charge on any atom is 0.123 e. The van der Waals surface area contributed by atoms with Crippen molar-refractivity contribution >= 4 is 0 Å². The number of nitrogens with zero attached hydrogens (tertiary/aromatic N) is 1. The lowest BCUT2D eigenvalue weighted by molar-refractivity contribution is 0.584. The van der Waals surface area contributed by atoms with E-state index in [0.717, 1.165) is 29.8 Å². The number of rotatable bonds is 5. The first-order chi connectivity index (χ1) is 9.20. The van der Waals surface area contributed by atoms with E-state index in [1.165, 1.54) is 6.07 Å². The number of aryl methyl sites for hydroxylation is 1. The zero-order valence-electron chi connectivity index (χ0n) is 11.4. The Hall–Kier alpha value is -1.74. The zero-order chi connectivity index (χ0) is 13.7. The first kappa shape index (κ1) is 13.7. The molecule has 0 saturated heterocycles. The van der Waals surface area contributed by atoms with Crippen molar-refractivity contribution < 1.29 is 4.39 Å². The van der Waals surface area contributed by atoms with Crippen molar-refractivity contribution in [2.45, 2.75) is 26.3 Å². The molecular weight excluding hydrogens is 239 g/mol. The zero-order valence-corrected chi connectivity index (χ0v) is 11.4. The molecule has 2 aromatic rings. The number of hydrogen-bond donors (Lipinski definition) is 1. The molecule has 0 amide bonds. The second kappa shape index (κ2) is 6.43. The Morgan fingerprint density at radius 1 is 1.21 bits per heavy atom. The van der Waals surface area contributed by atoms with Crippen molar-refractivity contribution in [2.75, 3.05) is 6.54 Å². The van der Waals surface area contributed by atoms with Crippen molar-refractivity contribution in [3.8, 4) is 0 Å². The van der Waals surface area contributed by atoms with Crippen LogP contribution in [-0.2, 0) is 0 Å². The molecule has 1 aromatic heterocycles. The summed E-state index contributed by atoms with van der Waals surface area (Å²) in [6.07, 6.45) is 2.89. The van der Waals surface area contributed by atoms with E-state index < -0.39 is 0 Å². The minimum atomic E-state index is -0.208. The molecule has 0 bridgehead atoms. The van der Waals surface area contributed by atoms with Crippen LogP contribution in [0, 0.1) is 12.7 Å². The lowest BCUT2D eigenvalue weighted by Gasteiger charge is -2.19. The van der Waals surface area contributed by atoms with Gasteiger partial charge in [-0.15, -0.1) is 0 Å². The van der Waals surface area contributed by atoms with Gasteiger partial charge in [-0.3, -0.25) is 4.98 Å². The van der Waals surface area contributed by atoms with E-state index in [4.69, 9.17) is 0 Å². The maximum atomic E-state index is 13.4. The number of halogens is 1. The number of aromatic nitrogens is 1. The fourth-order valence-corrected chi connectivity index (χ4v) is 2.05. The Labute approximate surface area is 113 Å². The van der Waals surface area contributed by atoms with Gasteiger partial charge in [-0.2, -0.15) is 0 Å². The van der Waals surface area contributed by atoms with Crippen molar-refractivity contribution in [3.63, 3.8) is 0 Å². The second-order valence-electron chi connectivity index (χ2n) is 4.68. The Morgan fingerprint density at radius 3 is 2.68 bits per heavy atom. The molecule has 1 unspecified atom stereocenters. The maximum absolute atomic E-state index is 13.4. The van der Waals surface area contributed by atoms with Crippen molar-refractivity contribution in [3.05, 3.63) is 65.2 Å². The summed E-state index contributed by atoms with van der Waals surface area (Å²) in [5.74, 6) is -0.208. The highest BCUT2D eigenvalue weighted by Crippen LogP contribution is 2.22. The van der Waals surface area contributed by atoms with Crippen LogP contribution in [0.15, 0.2) is 42.6 Å². The highest BCUT2D eigenvalue weighted by molar-refractivity contribution is 5.31. The second-order valence-corrected chi connectivity index (χ2v) is 4.68. The normalized spacial score (nSPS) is 12.4. The van der Waals surface area contributed by atoms with Gasteiger partial charge in [0.25, 0.3) is 0 Å². The van der Waals surface area contributed by atoms with Crippen LogP contribution in [0.1, 0.15) is 36.2 Å². The molecule has 0 radical (unpaired) electrons. The molecule has 19 heavy (non-hydrogen) atoms. The molecule has 0 aliphatic heterocycles. The van der Waals surface area contributed by atoms with Gasteiger partial charge in [-0.1, -0.05) is 25.1 Å². The van der Waals surface area contributed by atoms with Crippen LogP contribution in [0.2, 0.25) is 0 Å². The number of hydrogen-bond acceptors (Lipinski definition) is 2. The lowest BCUT2D eigenvalue weighted by Crippen LogP contribution is -2.23. The van der Waals surface area contributed by atoms with E-state index in [-0.39, 0.29) is 11.9 Å². The molecule has 1 N–H and O–H groups in total. The summed E-state index contributed by atoms with van der Waals surface area (Å²) in [6.45, 7) is 4.96. The Bertz CT molecular complexity index is 523. The van der Waals surface area contributed by atoms with Crippen LogP contribution < -0.4 is 5.32 Å². The summed E-state index contributed by atoms with van der Waals surface area (Å²) in [7, 11) is 0. The molecule has 0 saturated carbocycles. The van der Waals surface area contributed by atoms with Crippen molar-refractivity contribution in [1.29, 1.82) is 0 Å². The van der Waals surface area contributed by atoms with E-state index in [2.05, 4.69) is 17.2 Å². The van der Waals surface area contributed by atoms with Gasteiger partial charge in [-0.25, -0.2) is 4.39 Å². The molecule has 0 aliphatic rings. The molecule has 1 aromatic carbocycles. The number of nitrogens with one attached hydrogen (secondary N) is 1. The van der Waals surface area contributed by atoms with Crippen molar-refractivity contribution in [1.82, 2.24) is 10.3 Å². The third-order valence-electron chi connectivity index (χ3n) is 3.05. The van der Waals surface area contributed by atoms with Gasteiger partial charge < -0.3 is 5.32 Å².